The molecule has 0 heterocycles. The number of carbonyl (C=O) groups is 1. The average Bonchev–Trinajstić information content (AvgIpc) is 3.22. The summed E-state index contributed by atoms with van der Waals surface area (Å²) < 4.78 is 0. The smallest absolute Gasteiger partial charge is 0.251 e. The van der Waals surface area contributed by atoms with E-state index in [1.807, 2.05) is 25.1 Å². The van der Waals surface area contributed by atoms with Crippen LogP contribution >= 0.6 is 0 Å². The van der Waals surface area contributed by atoms with Crippen LogP contribution in [0.4, 0.5) is 5.69 Å². The molecular formula is C16H24N2O. The zero-order valence-corrected chi connectivity index (χ0v) is 12.1. The summed E-state index contributed by atoms with van der Waals surface area (Å²) in [5.41, 5.74) is 3.04. The summed E-state index contributed by atoms with van der Waals surface area (Å²) >= 11 is 0. The van der Waals surface area contributed by atoms with Gasteiger partial charge in [-0.05, 0) is 62.8 Å². The van der Waals surface area contributed by atoms with Crippen LogP contribution in [0.1, 0.15) is 49.0 Å². The van der Waals surface area contributed by atoms with Crippen LogP contribution in [0, 0.1) is 12.8 Å². The monoisotopic (exact) mass is 260 g/mol. The Labute approximate surface area is 115 Å². The van der Waals surface area contributed by atoms with Crippen molar-refractivity contribution in [2.75, 3.05) is 11.9 Å². The van der Waals surface area contributed by atoms with Crippen LogP contribution in [0.15, 0.2) is 18.2 Å². The highest BCUT2D eigenvalue weighted by molar-refractivity contribution is 5.94. The molecular weight excluding hydrogens is 236 g/mol. The van der Waals surface area contributed by atoms with Crippen molar-refractivity contribution >= 4 is 11.6 Å². The Morgan fingerprint density at radius 1 is 1.37 bits per heavy atom. The van der Waals surface area contributed by atoms with E-state index in [4.69, 9.17) is 0 Å². The number of aryl methyl sites for hydroxylation is 1. The van der Waals surface area contributed by atoms with Crippen LogP contribution < -0.4 is 10.6 Å². The van der Waals surface area contributed by atoms with Crippen LogP contribution in [0.3, 0.4) is 0 Å². The molecule has 3 heteroatoms. The number of anilines is 1. The van der Waals surface area contributed by atoms with Gasteiger partial charge in [0.1, 0.15) is 0 Å². The Balaban J connectivity index is 2.07. The predicted molar refractivity (Wildman–Crippen MR) is 79.6 cm³/mol. The second-order valence-corrected chi connectivity index (χ2v) is 5.39. The van der Waals surface area contributed by atoms with Gasteiger partial charge >= 0.3 is 0 Å². The molecule has 1 fully saturated rings. The number of hydrogen-bond acceptors (Lipinski definition) is 2. The molecule has 1 atom stereocenters. The summed E-state index contributed by atoms with van der Waals surface area (Å²) in [5, 5.41) is 6.45. The number of nitrogens with one attached hydrogen (secondary N) is 2. The fourth-order valence-corrected chi connectivity index (χ4v) is 2.48. The lowest BCUT2D eigenvalue weighted by Crippen LogP contribution is -2.23. The summed E-state index contributed by atoms with van der Waals surface area (Å²) in [5.74, 6) is 0.846. The second-order valence-electron chi connectivity index (χ2n) is 5.39. The van der Waals surface area contributed by atoms with Crippen molar-refractivity contribution in [3.05, 3.63) is 29.3 Å². The second kappa shape index (κ2) is 6.09. The maximum atomic E-state index is 11.8. The first kappa shape index (κ1) is 13.9. The van der Waals surface area contributed by atoms with E-state index in [1.165, 1.54) is 12.8 Å². The Morgan fingerprint density at radius 3 is 2.63 bits per heavy atom. The molecule has 1 unspecified atom stereocenters. The normalized spacial score (nSPS) is 15.9. The Hall–Kier alpha value is -1.51. The highest BCUT2D eigenvalue weighted by Crippen LogP contribution is 2.36. The number of hydrogen-bond donors (Lipinski definition) is 2. The summed E-state index contributed by atoms with van der Waals surface area (Å²) in [7, 11) is 0. The van der Waals surface area contributed by atoms with Gasteiger partial charge in [-0.15, -0.1) is 0 Å². The summed E-state index contributed by atoms with van der Waals surface area (Å²) in [6.07, 6.45) is 3.85. The average molecular weight is 260 g/mol. The lowest BCUT2D eigenvalue weighted by Gasteiger charge is -2.19. The summed E-state index contributed by atoms with van der Waals surface area (Å²) in [4.78, 5) is 11.8. The minimum absolute atomic E-state index is 0.00591. The molecule has 19 heavy (non-hydrogen) atoms. The molecule has 2 N–H and O–H groups in total. The molecule has 0 spiro atoms. The van der Waals surface area contributed by atoms with Crippen molar-refractivity contribution in [2.45, 2.75) is 46.1 Å². The van der Waals surface area contributed by atoms with Gasteiger partial charge < -0.3 is 10.6 Å². The van der Waals surface area contributed by atoms with Crippen molar-refractivity contribution in [3.63, 3.8) is 0 Å². The molecule has 1 aliphatic rings. The first-order valence-electron chi connectivity index (χ1n) is 7.31. The lowest BCUT2D eigenvalue weighted by atomic mass is 10.1. The molecule has 0 aromatic heterocycles. The molecule has 1 aliphatic carbocycles. The van der Waals surface area contributed by atoms with Crippen molar-refractivity contribution in [2.24, 2.45) is 5.92 Å². The molecule has 3 nitrogen and oxygen atoms in total. The molecule has 2 rings (SSSR count). The number of benzene rings is 1. The van der Waals surface area contributed by atoms with E-state index < -0.39 is 0 Å². The van der Waals surface area contributed by atoms with Gasteiger partial charge in [-0.3, -0.25) is 4.79 Å². The molecule has 0 radical (unpaired) electrons. The summed E-state index contributed by atoms with van der Waals surface area (Å²) in [6, 6.07) is 6.48. The van der Waals surface area contributed by atoms with E-state index in [0.29, 0.717) is 12.6 Å². The number of amides is 1. The SMILES string of the molecule is CCNC(=O)c1ccc(NC(CC)C2CC2)c(C)c1. The Bertz CT molecular complexity index is 452. The zero-order valence-electron chi connectivity index (χ0n) is 12.1. The van der Waals surface area contributed by atoms with Crippen molar-refractivity contribution in [1.29, 1.82) is 0 Å². The summed E-state index contributed by atoms with van der Waals surface area (Å²) in [6.45, 7) is 6.89. The molecule has 104 valence electrons. The fraction of sp³-hybridized carbons (Fsp3) is 0.562. The van der Waals surface area contributed by atoms with Crippen molar-refractivity contribution < 1.29 is 4.79 Å². The molecule has 1 aromatic rings. The quantitative estimate of drug-likeness (QED) is 0.823. The van der Waals surface area contributed by atoms with E-state index in [2.05, 4.69) is 24.5 Å². The van der Waals surface area contributed by atoms with Crippen molar-refractivity contribution in [1.82, 2.24) is 5.32 Å². The number of carbonyl (C=O) groups excluding carboxylic acids is 1. The van der Waals surface area contributed by atoms with Gasteiger partial charge in [0.05, 0.1) is 0 Å². The minimum atomic E-state index is 0.00591. The predicted octanol–water partition coefficient (Wildman–Crippen LogP) is 3.35. The van der Waals surface area contributed by atoms with Gasteiger partial charge in [0.2, 0.25) is 0 Å². The van der Waals surface area contributed by atoms with Crippen LogP contribution in [-0.4, -0.2) is 18.5 Å². The fourth-order valence-electron chi connectivity index (χ4n) is 2.48. The van der Waals surface area contributed by atoms with E-state index in [1.54, 1.807) is 0 Å². The van der Waals surface area contributed by atoms with E-state index in [0.717, 1.165) is 29.2 Å². The maximum Gasteiger partial charge on any atom is 0.251 e. The van der Waals surface area contributed by atoms with E-state index in [9.17, 15) is 4.79 Å². The molecule has 1 aromatic carbocycles. The molecule has 0 saturated heterocycles. The molecule has 1 amide bonds. The molecule has 0 aliphatic heterocycles. The molecule has 1 saturated carbocycles. The standard InChI is InChI=1S/C16H24N2O/c1-4-14(12-6-7-12)18-15-9-8-13(10-11(15)3)16(19)17-5-2/h8-10,12,14,18H,4-7H2,1-3H3,(H,17,19). The van der Waals surface area contributed by atoms with Crippen LogP contribution in [0.2, 0.25) is 0 Å². The Kier molecular flexibility index (Phi) is 4.46. The minimum Gasteiger partial charge on any atom is -0.382 e. The largest absolute Gasteiger partial charge is 0.382 e. The highest BCUT2D eigenvalue weighted by Gasteiger charge is 2.29. The first-order valence-corrected chi connectivity index (χ1v) is 7.31. The lowest BCUT2D eigenvalue weighted by molar-refractivity contribution is 0.0956. The Morgan fingerprint density at radius 2 is 2.11 bits per heavy atom. The first-order chi connectivity index (χ1) is 9.15. The third-order valence-corrected chi connectivity index (χ3v) is 3.80. The van der Waals surface area contributed by atoms with Gasteiger partial charge in [-0.2, -0.15) is 0 Å². The third kappa shape index (κ3) is 3.49. The molecule has 0 bridgehead atoms. The van der Waals surface area contributed by atoms with Crippen LogP contribution in [-0.2, 0) is 0 Å². The topological polar surface area (TPSA) is 41.1 Å². The van der Waals surface area contributed by atoms with Gasteiger partial charge in [0, 0.05) is 23.8 Å². The van der Waals surface area contributed by atoms with Crippen LogP contribution in [0.5, 0.6) is 0 Å². The maximum absolute atomic E-state index is 11.8. The van der Waals surface area contributed by atoms with E-state index in [-0.39, 0.29) is 5.91 Å². The zero-order chi connectivity index (χ0) is 13.8. The number of rotatable bonds is 6. The van der Waals surface area contributed by atoms with Gasteiger partial charge in [0.15, 0.2) is 0 Å². The van der Waals surface area contributed by atoms with Crippen LogP contribution in [0.25, 0.3) is 0 Å². The third-order valence-electron chi connectivity index (χ3n) is 3.80. The van der Waals surface area contributed by atoms with Crippen molar-refractivity contribution in [3.8, 4) is 0 Å². The van der Waals surface area contributed by atoms with Gasteiger partial charge in [-0.1, -0.05) is 6.92 Å². The van der Waals surface area contributed by atoms with Gasteiger partial charge in [-0.25, -0.2) is 0 Å². The van der Waals surface area contributed by atoms with E-state index >= 15 is 0 Å². The van der Waals surface area contributed by atoms with Gasteiger partial charge in [0.25, 0.3) is 5.91 Å². The highest BCUT2D eigenvalue weighted by atomic mass is 16.1.